The second-order valence-electron chi connectivity index (χ2n) is 5.03. The average Bonchev–Trinajstić information content (AvgIpc) is 2.30. The molecule has 0 fully saturated rings. The van der Waals surface area contributed by atoms with Crippen molar-refractivity contribution in [1.29, 1.82) is 0 Å². The quantitative estimate of drug-likeness (QED) is 0.849. The highest BCUT2D eigenvalue weighted by atomic mass is 19.1. The lowest BCUT2D eigenvalue weighted by molar-refractivity contribution is 0.00535. The number of rotatable bonds is 6. The molecule has 0 saturated heterocycles. The molecule has 0 spiro atoms. The van der Waals surface area contributed by atoms with Gasteiger partial charge in [-0.15, -0.1) is 0 Å². The fourth-order valence-corrected chi connectivity index (χ4v) is 1.52. The normalized spacial score (nSPS) is 13.4. The van der Waals surface area contributed by atoms with E-state index >= 15 is 0 Å². The highest BCUT2D eigenvalue weighted by Gasteiger charge is 2.17. The van der Waals surface area contributed by atoms with Gasteiger partial charge in [-0.25, -0.2) is 4.39 Å². The van der Waals surface area contributed by atoms with Crippen molar-refractivity contribution in [3.8, 4) is 5.75 Å². The maximum absolute atomic E-state index is 13.1. The lowest BCUT2D eigenvalue weighted by Crippen LogP contribution is -2.25. The molecule has 1 aromatic carbocycles. The van der Waals surface area contributed by atoms with Crippen LogP contribution < -0.4 is 10.5 Å². The summed E-state index contributed by atoms with van der Waals surface area (Å²) in [5.41, 5.74) is 6.25. The van der Waals surface area contributed by atoms with Crippen molar-refractivity contribution in [3.63, 3.8) is 0 Å². The van der Waals surface area contributed by atoms with Crippen LogP contribution in [-0.2, 0) is 4.74 Å². The number of ether oxygens (including phenoxy) is 2. The number of hydrogen-bond donors (Lipinski definition) is 1. The summed E-state index contributed by atoms with van der Waals surface area (Å²) < 4.78 is 24.1. The highest BCUT2D eigenvalue weighted by Crippen LogP contribution is 2.25. The minimum atomic E-state index is -0.299. The van der Waals surface area contributed by atoms with Crippen LogP contribution in [0.4, 0.5) is 4.39 Å². The molecule has 0 amide bonds. The van der Waals surface area contributed by atoms with Gasteiger partial charge in [0.2, 0.25) is 0 Å². The van der Waals surface area contributed by atoms with Crippen LogP contribution in [0.3, 0.4) is 0 Å². The number of hydrogen-bond acceptors (Lipinski definition) is 3. The van der Waals surface area contributed by atoms with E-state index in [0.29, 0.717) is 17.9 Å². The van der Waals surface area contributed by atoms with E-state index < -0.39 is 0 Å². The molecule has 4 heteroatoms. The third-order valence-corrected chi connectivity index (χ3v) is 2.98. The predicted molar refractivity (Wildman–Crippen MR) is 70.2 cm³/mol. The van der Waals surface area contributed by atoms with Crippen LogP contribution in [0.1, 0.15) is 38.8 Å². The standard InChI is InChI=1S/C14H22FNO2/c1-10(16)12-9-11(15)5-6-13(12)18-8-7-14(2,3)17-4/h5-6,9-10H,7-8,16H2,1-4H3. The lowest BCUT2D eigenvalue weighted by atomic mass is 10.1. The Kier molecular flexibility index (Phi) is 5.11. The Labute approximate surface area is 108 Å². The van der Waals surface area contributed by atoms with Crippen molar-refractivity contribution in [3.05, 3.63) is 29.6 Å². The van der Waals surface area contributed by atoms with E-state index in [1.54, 1.807) is 20.1 Å². The molecule has 0 aliphatic rings. The Bertz CT molecular complexity index is 391. The van der Waals surface area contributed by atoms with Crippen molar-refractivity contribution in [2.75, 3.05) is 13.7 Å². The molecule has 0 saturated carbocycles. The molecule has 0 aliphatic heterocycles. The zero-order chi connectivity index (χ0) is 13.8. The molecule has 1 atom stereocenters. The second-order valence-corrected chi connectivity index (χ2v) is 5.03. The third kappa shape index (κ3) is 4.27. The van der Waals surface area contributed by atoms with Gasteiger partial charge >= 0.3 is 0 Å². The zero-order valence-electron chi connectivity index (χ0n) is 11.5. The fourth-order valence-electron chi connectivity index (χ4n) is 1.52. The van der Waals surface area contributed by atoms with Crippen molar-refractivity contribution >= 4 is 0 Å². The number of benzene rings is 1. The number of nitrogens with two attached hydrogens (primary N) is 1. The molecule has 0 aliphatic carbocycles. The predicted octanol–water partition coefficient (Wildman–Crippen LogP) is 3.04. The molecule has 1 aromatic rings. The van der Waals surface area contributed by atoms with E-state index in [4.69, 9.17) is 15.2 Å². The maximum atomic E-state index is 13.1. The molecular formula is C14H22FNO2. The van der Waals surface area contributed by atoms with E-state index in [1.807, 2.05) is 13.8 Å². The smallest absolute Gasteiger partial charge is 0.124 e. The third-order valence-electron chi connectivity index (χ3n) is 2.98. The minimum absolute atomic E-state index is 0.228. The van der Waals surface area contributed by atoms with E-state index in [-0.39, 0.29) is 17.5 Å². The summed E-state index contributed by atoms with van der Waals surface area (Å²) in [5.74, 6) is 0.338. The summed E-state index contributed by atoms with van der Waals surface area (Å²) in [7, 11) is 1.67. The summed E-state index contributed by atoms with van der Waals surface area (Å²) in [6, 6.07) is 4.16. The molecule has 0 bridgehead atoms. The van der Waals surface area contributed by atoms with Gasteiger partial charge in [0.05, 0.1) is 12.2 Å². The van der Waals surface area contributed by atoms with Gasteiger partial charge in [-0.05, 0) is 39.0 Å². The first-order valence-corrected chi connectivity index (χ1v) is 6.09. The Morgan fingerprint density at radius 3 is 2.61 bits per heavy atom. The van der Waals surface area contributed by atoms with Crippen LogP contribution >= 0.6 is 0 Å². The number of methoxy groups -OCH3 is 1. The Hall–Kier alpha value is -1.13. The molecule has 0 aromatic heterocycles. The maximum Gasteiger partial charge on any atom is 0.124 e. The van der Waals surface area contributed by atoms with Crippen LogP contribution in [0.25, 0.3) is 0 Å². The van der Waals surface area contributed by atoms with Crippen molar-refractivity contribution in [1.82, 2.24) is 0 Å². The van der Waals surface area contributed by atoms with Gasteiger partial charge in [-0.3, -0.25) is 0 Å². The first kappa shape index (κ1) is 14.9. The van der Waals surface area contributed by atoms with Gasteiger partial charge in [0.15, 0.2) is 0 Å². The van der Waals surface area contributed by atoms with Crippen molar-refractivity contribution < 1.29 is 13.9 Å². The summed E-state index contributed by atoms with van der Waals surface area (Å²) in [5, 5.41) is 0. The Morgan fingerprint density at radius 1 is 1.39 bits per heavy atom. The first-order chi connectivity index (χ1) is 8.35. The number of halogens is 1. The largest absolute Gasteiger partial charge is 0.493 e. The van der Waals surface area contributed by atoms with Crippen molar-refractivity contribution in [2.24, 2.45) is 5.73 Å². The summed E-state index contributed by atoms with van der Waals surface area (Å²) >= 11 is 0. The Balaban J connectivity index is 2.67. The average molecular weight is 255 g/mol. The van der Waals surface area contributed by atoms with Crippen LogP contribution in [-0.4, -0.2) is 19.3 Å². The molecule has 2 N–H and O–H groups in total. The molecular weight excluding hydrogens is 233 g/mol. The fraction of sp³-hybridized carbons (Fsp3) is 0.571. The van der Waals surface area contributed by atoms with Crippen LogP contribution in [0.5, 0.6) is 5.75 Å². The summed E-state index contributed by atoms with van der Waals surface area (Å²) in [4.78, 5) is 0. The second kappa shape index (κ2) is 6.16. The van der Waals surface area contributed by atoms with E-state index in [9.17, 15) is 4.39 Å². The molecule has 3 nitrogen and oxygen atoms in total. The monoisotopic (exact) mass is 255 g/mol. The van der Waals surface area contributed by atoms with Crippen LogP contribution in [0.2, 0.25) is 0 Å². The molecule has 18 heavy (non-hydrogen) atoms. The van der Waals surface area contributed by atoms with E-state index in [0.717, 1.165) is 6.42 Å². The van der Waals surface area contributed by atoms with Crippen LogP contribution in [0.15, 0.2) is 18.2 Å². The van der Waals surface area contributed by atoms with Crippen molar-refractivity contribution in [2.45, 2.75) is 38.8 Å². The molecule has 0 heterocycles. The van der Waals surface area contributed by atoms with Gasteiger partial charge in [-0.1, -0.05) is 0 Å². The molecule has 1 unspecified atom stereocenters. The summed E-state index contributed by atoms with van der Waals surface area (Å²) in [6.45, 7) is 6.30. The SMILES string of the molecule is COC(C)(C)CCOc1ccc(F)cc1C(C)N. The summed E-state index contributed by atoms with van der Waals surface area (Å²) in [6.07, 6.45) is 0.749. The van der Waals surface area contributed by atoms with Gasteiger partial charge in [0.25, 0.3) is 0 Å². The van der Waals surface area contributed by atoms with Gasteiger partial charge in [-0.2, -0.15) is 0 Å². The van der Waals surface area contributed by atoms with Crippen LogP contribution in [0, 0.1) is 5.82 Å². The van der Waals surface area contributed by atoms with Gasteiger partial charge in [0.1, 0.15) is 11.6 Å². The first-order valence-electron chi connectivity index (χ1n) is 6.09. The van der Waals surface area contributed by atoms with Gasteiger partial charge < -0.3 is 15.2 Å². The highest BCUT2D eigenvalue weighted by molar-refractivity contribution is 5.36. The van der Waals surface area contributed by atoms with E-state index in [2.05, 4.69) is 0 Å². The molecule has 0 radical (unpaired) electrons. The topological polar surface area (TPSA) is 44.5 Å². The van der Waals surface area contributed by atoms with Gasteiger partial charge in [0, 0.05) is 25.1 Å². The lowest BCUT2D eigenvalue weighted by Gasteiger charge is -2.23. The minimum Gasteiger partial charge on any atom is -0.493 e. The molecule has 1 rings (SSSR count). The zero-order valence-corrected chi connectivity index (χ0v) is 11.5. The molecule has 102 valence electrons. The Morgan fingerprint density at radius 2 is 2.06 bits per heavy atom. The van der Waals surface area contributed by atoms with E-state index in [1.165, 1.54) is 12.1 Å².